The van der Waals surface area contributed by atoms with Crippen molar-refractivity contribution in [1.29, 1.82) is 0 Å². The molecule has 4 rings (SSSR count). The first-order chi connectivity index (χ1) is 14.6. The Hall–Kier alpha value is -2.77. The molecule has 30 heavy (non-hydrogen) atoms. The molecule has 0 spiro atoms. The number of carbonyl (C=O) groups excluding carboxylic acids is 1. The molecular formula is C22H26ClN5O2. The third kappa shape index (κ3) is 4.86. The smallest absolute Gasteiger partial charge is 0.225 e. The zero-order valence-electron chi connectivity index (χ0n) is 17.0. The number of imidazole rings is 1. The van der Waals surface area contributed by atoms with Crippen molar-refractivity contribution >= 4 is 40.2 Å². The highest BCUT2D eigenvalue weighted by Crippen LogP contribution is 2.27. The predicted molar refractivity (Wildman–Crippen MR) is 121 cm³/mol. The molecule has 3 aromatic rings. The quantitative estimate of drug-likeness (QED) is 0.626. The van der Waals surface area contributed by atoms with Crippen molar-refractivity contribution < 1.29 is 9.53 Å². The first-order valence-corrected chi connectivity index (χ1v) is 10.6. The van der Waals surface area contributed by atoms with E-state index in [1.54, 1.807) is 25.3 Å². The molecule has 0 atom stereocenters. The van der Waals surface area contributed by atoms with Crippen molar-refractivity contribution in [2.75, 3.05) is 50.1 Å². The first kappa shape index (κ1) is 20.5. The fraction of sp³-hybridized carbons (Fsp3) is 0.364. The Labute approximate surface area is 181 Å². The van der Waals surface area contributed by atoms with Crippen LogP contribution in [-0.4, -0.2) is 60.6 Å². The molecule has 0 aliphatic carbocycles. The fourth-order valence-corrected chi connectivity index (χ4v) is 3.92. The number of hydrogen-bond acceptors (Lipinski definition) is 5. The summed E-state index contributed by atoms with van der Waals surface area (Å²) < 4.78 is 5.29. The van der Waals surface area contributed by atoms with Gasteiger partial charge in [0.05, 0.1) is 23.8 Å². The number of hydrogen-bond donors (Lipinski definition) is 2. The van der Waals surface area contributed by atoms with Crippen LogP contribution in [0.4, 0.5) is 11.6 Å². The number of rotatable bonds is 6. The van der Waals surface area contributed by atoms with Gasteiger partial charge in [-0.05, 0) is 43.3 Å². The Balaban J connectivity index is 1.30. The topological polar surface area (TPSA) is 73.5 Å². The molecule has 1 aliphatic rings. The number of aromatic amines is 1. The van der Waals surface area contributed by atoms with Gasteiger partial charge in [0.25, 0.3) is 0 Å². The number of benzene rings is 2. The standard InChI is InChI=1S/C22H26ClN5O2/c1-30-20-8-7-16(23)15-19(20)24-21(29)9-12-27-10-4-11-28(14-13-27)22-25-17-5-2-3-6-18(17)26-22/h2-3,5-8,15H,4,9-14H2,1H3,(H,24,29)(H,25,26). The summed E-state index contributed by atoms with van der Waals surface area (Å²) in [5.74, 6) is 1.47. The van der Waals surface area contributed by atoms with E-state index >= 15 is 0 Å². The van der Waals surface area contributed by atoms with Crippen molar-refractivity contribution in [3.8, 4) is 5.75 Å². The average molecular weight is 428 g/mol. The number of nitrogens with one attached hydrogen (secondary N) is 2. The monoisotopic (exact) mass is 427 g/mol. The van der Waals surface area contributed by atoms with E-state index in [-0.39, 0.29) is 5.91 Å². The van der Waals surface area contributed by atoms with E-state index in [0.717, 1.165) is 49.6 Å². The van der Waals surface area contributed by atoms with Gasteiger partial charge in [-0.2, -0.15) is 0 Å². The summed E-state index contributed by atoms with van der Waals surface area (Å²) >= 11 is 6.04. The highest BCUT2D eigenvalue weighted by atomic mass is 35.5. The number of nitrogens with zero attached hydrogens (tertiary/aromatic N) is 3. The number of anilines is 2. The van der Waals surface area contributed by atoms with E-state index in [1.165, 1.54) is 0 Å². The Morgan fingerprint density at radius 1 is 1.20 bits per heavy atom. The number of para-hydroxylation sites is 2. The molecule has 0 unspecified atom stereocenters. The number of ether oxygens (including phenoxy) is 1. The number of methoxy groups -OCH3 is 1. The molecule has 1 aromatic heterocycles. The average Bonchev–Trinajstić information content (AvgIpc) is 3.03. The van der Waals surface area contributed by atoms with Gasteiger partial charge in [-0.1, -0.05) is 23.7 Å². The van der Waals surface area contributed by atoms with Crippen LogP contribution < -0.4 is 15.0 Å². The van der Waals surface area contributed by atoms with E-state index < -0.39 is 0 Å². The van der Waals surface area contributed by atoms with E-state index in [4.69, 9.17) is 21.3 Å². The van der Waals surface area contributed by atoms with Crippen molar-refractivity contribution in [3.63, 3.8) is 0 Å². The second kappa shape index (κ2) is 9.36. The molecule has 1 fully saturated rings. The molecule has 1 aliphatic heterocycles. The molecular weight excluding hydrogens is 402 g/mol. The molecule has 1 saturated heterocycles. The Morgan fingerprint density at radius 3 is 2.90 bits per heavy atom. The lowest BCUT2D eigenvalue weighted by atomic mass is 10.2. The number of H-pyrrole nitrogens is 1. The number of carbonyl (C=O) groups is 1. The number of amides is 1. The summed E-state index contributed by atoms with van der Waals surface area (Å²) in [5, 5.41) is 3.47. The van der Waals surface area contributed by atoms with Crippen LogP contribution in [0, 0.1) is 0 Å². The van der Waals surface area contributed by atoms with Crippen molar-refractivity contribution in [1.82, 2.24) is 14.9 Å². The first-order valence-electron chi connectivity index (χ1n) is 10.2. The minimum atomic E-state index is -0.0473. The van der Waals surface area contributed by atoms with Crippen LogP contribution in [0.5, 0.6) is 5.75 Å². The molecule has 1 amide bonds. The van der Waals surface area contributed by atoms with Crippen molar-refractivity contribution in [2.24, 2.45) is 0 Å². The number of aromatic nitrogens is 2. The maximum absolute atomic E-state index is 12.4. The highest BCUT2D eigenvalue weighted by Gasteiger charge is 2.18. The van der Waals surface area contributed by atoms with E-state index in [9.17, 15) is 4.79 Å². The van der Waals surface area contributed by atoms with Crippen LogP contribution in [0.1, 0.15) is 12.8 Å². The fourth-order valence-electron chi connectivity index (χ4n) is 3.75. The molecule has 158 valence electrons. The largest absolute Gasteiger partial charge is 0.495 e. The van der Waals surface area contributed by atoms with Crippen LogP contribution >= 0.6 is 11.6 Å². The van der Waals surface area contributed by atoms with Gasteiger partial charge in [0, 0.05) is 37.6 Å². The predicted octanol–water partition coefficient (Wildman–Crippen LogP) is 3.77. The normalized spacial score (nSPS) is 15.2. The minimum absolute atomic E-state index is 0.0473. The Bertz CT molecular complexity index is 989. The summed E-state index contributed by atoms with van der Waals surface area (Å²) in [6.45, 7) is 4.39. The molecule has 0 radical (unpaired) electrons. The second-order valence-electron chi connectivity index (χ2n) is 7.40. The van der Waals surface area contributed by atoms with Crippen LogP contribution in [0.3, 0.4) is 0 Å². The van der Waals surface area contributed by atoms with Gasteiger partial charge in [-0.3, -0.25) is 4.79 Å². The van der Waals surface area contributed by atoms with Crippen molar-refractivity contribution in [3.05, 3.63) is 47.5 Å². The van der Waals surface area contributed by atoms with Gasteiger partial charge in [0.2, 0.25) is 11.9 Å². The van der Waals surface area contributed by atoms with Gasteiger partial charge in [-0.25, -0.2) is 4.98 Å². The molecule has 2 N–H and O–H groups in total. The summed E-state index contributed by atoms with van der Waals surface area (Å²) in [7, 11) is 1.57. The molecule has 8 heteroatoms. The highest BCUT2D eigenvalue weighted by molar-refractivity contribution is 6.31. The van der Waals surface area contributed by atoms with Crippen molar-refractivity contribution in [2.45, 2.75) is 12.8 Å². The summed E-state index contributed by atoms with van der Waals surface area (Å²) in [6.07, 6.45) is 1.45. The van der Waals surface area contributed by atoms with E-state index in [1.807, 2.05) is 24.3 Å². The van der Waals surface area contributed by atoms with Gasteiger partial charge in [0.15, 0.2) is 0 Å². The molecule has 2 aromatic carbocycles. The maximum Gasteiger partial charge on any atom is 0.225 e. The number of halogens is 1. The Kier molecular flexibility index (Phi) is 6.40. The van der Waals surface area contributed by atoms with Gasteiger partial charge >= 0.3 is 0 Å². The zero-order valence-corrected chi connectivity index (χ0v) is 17.8. The van der Waals surface area contributed by atoms with E-state index in [0.29, 0.717) is 29.4 Å². The number of fused-ring (bicyclic) bond motifs is 1. The Morgan fingerprint density at radius 2 is 2.07 bits per heavy atom. The van der Waals surface area contributed by atoms with Gasteiger partial charge < -0.3 is 24.8 Å². The van der Waals surface area contributed by atoms with Crippen LogP contribution in [0.25, 0.3) is 11.0 Å². The SMILES string of the molecule is COc1ccc(Cl)cc1NC(=O)CCN1CCCN(c2nc3ccccc3[nH]2)CC1. The molecule has 0 bridgehead atoms. The third-order valence-electron chi connectivity index (χ3n) is 5.36. The summed E-state index contributed by atoms with van der Waals surface area (Å²) in [6, 6.07) is 13.3. The summed E-state index contributed by atoms with van der Waals surface area (Å²) in [5.41, 5.74) is 2.64. The van der Waals surface area contributed by atoms with Crippen LogP contribution in [-0.2, 0) is 4.79 Å². The lowest BCUT2D eigenvalue weighted by Crippen LogP contribution is -2.33. The zero-order chi connectivity index (χ0) is 20.9. The summed E-state index contributed by atoms with van der Waals surface area (Å²) in [4.78, 5) is 25.2. The minimum Gasteiger partial charge on any atom is -0.495 e. The molecule has 2 heterocycles. The van der Waals surface area contributed by atoms with Crippen LogP contribution in [0.2, 0.25) is 5.02 Å². The third-order valence-corrected chi connectivity index (χ3v) is 5.59. The van der Waals surface area contributed by atoms with E-state index in [2.05, 4.69) is 20.1 Å². The van der Waals surface area contributed by atoms with Gasteiger partial charge in [-0.15, -0.1) is 0 Å². The lowest BCUT2D eigenvalue weighted by Gasteiger charge is -2.21. The van der Waals surface area contributed by atoms with Gasteiger partial charge in [0.1, 0.15) is 5.75 Å². The molecule has 7 nitrogen and oxygen atoms in total. The lowest BCUT2D eigenvalue weighted by molar-refractivity contribution is -0.116. The maximum atomic E-state index is 12.4. The van der Waals surface area contributed by atoms with Crippen LogP contribution in [0.15, 0.2) is 42.5 Å². The second-order valence-corrected chi connectivity index (χ2v) is 7.84. The molecule has 0 saturated carbocycles.